The Morgan fingerprint density at radius 1 is 1.32 bits per heavy atom. The molecule has 3 aromatic rings. The van der Waals surface area contributed by atoms with Crippen LogP contribution in [-0.4, -0.2) is 14.7 Å². The van der Waals surface area contributed by atoms with E-state index in [-0.39, 0.29) is 5.56 Å². The topological polar surface area (TPSA) is 60.9 Å². The van der Waals surface area contributed by atoms with Gasteiger partial charge in [-0.2, -0.15) is 0 Å². The smallest absolute Gasteiger partial charge is 0.268 e. The van der Waals surface area contributed by atoms with Crippen LogP contribution < -0.4 is 5.56 Å². The highest BCUT2D eigenvalue weighted by atomic mass is 16.5. The van der Waals surface area contributed by atoms with Crippen LogP contribution in [0, 0.1) is 6.92 Å². The molecule has 0 saturated heterocycles. The lowest BCUT2D eigenvalue weighted by Gasteiger charge is -2.08. The molecular weight excluding hydrogens is 242 g/mol. The number of para-hydroxylation sites is 1. The van der Waals surface area contributed by atoms with Gasteiger partial charge in [-0.15, -0.1) is 0 Å². The van der Waals surface area contributed by atoms with Crippen molar-refractivity contribution in [3.8, 4) is 5.88 Å². The van der Waals surface area contributed by atoms with Crippen LogP contribution in [-0.2, 0) is 6.42 Å². The van der Waals surface area contributed by atoms with Crippen LogP contribution in [0.1, 0.15) is 18.4 Å². The minimum absolute atomic E-state index is 0.126. The average molecular weight is 255 g/mol. The SMILES string of the molecule is CCc1nc2ccccc2c(=O)n1-c1cc(C)no1. The zero-order valence-corrected chi connectivity index (χ0v) is 10.8. The Kier molecular flexibility index (Phi) is 2.67. The van der Waals surface area contributed by atoms with Crippen molar-refractivity contribution >= 4 is 10.9 Å². The predicted octanol–water partition coefficient (Wildman–Crippen LogP) is 2.24. The summed E-state index contributed by atoms with van der Waals surface area (Å²) in [7, 11) is 0. The molecule has 0 amide bonds. The standard InChI is InChI=1S/C14H13N3O2/c1-3-12-15-11-7-5-4-6-10(11)14(18)17(12)13-8-9(2)16-19-13/h4-8H,3H2,1-2H3. The van der Waals surface area contributed by atoms with E-state index in [1.54, 1.807) is 12.1 Å². The molecule has 0 spiro atoms. The molecule has 0 N–H and O–H groups in total. The Hall–Kier alpha value is -2.43. The van der Waals surface area contributed by atoms with Gasteiger partial charge < -0.3 is 4.52 Å². The van der Waals surface area contributed by atoms with E-state index in [9.17, 15) is 4.79 Å². The summed E-state index contributed by atoms with van der Waals surface area (Å²) in [6.07, 6.45) is 0.639. The Labute approximate surface area is 109 Å². The molecule has 0 atom stereocenters. The molecule has 0 aliphatic carbocycles. The van der Waals surface area contributed by atoms with E-state index in [1.807, 2.05) is 32.0 Å². The number of fused-ring (bicyclic) bond motifs is 1. The molecule has 1 aromatic carbocycles. The first-order valence-electron chi connectivity index (χ1n) is 6.15. The van der Waals surface area contributed by atoms with E-state index in [1.165, 1.54) is 4.57 Å². The number of aryl methyl sites for hydroxylation is 2. The van der Waals surface area contributed by atoms with Gasteiger partial charge in [-0.3, -0.25) is 4.79 Å². The van der Waals surface area contributed by atoms with Crippen LogP contribution in [0.4, 0.5) is 0 Å². The van der Waals surface area contributed by atoms with Crippen molar-refractivity contribution in [1.29, 1.82) is 0 Å². The van der Waals surface area contributed by atoms with Crippen LogP contribution in [0.5, 0.6) is 0 Å². The fourth-order valence-corrected chi connectivity index (χ4v) is 2.10. The Bertz CT molecular complexity index is 802. The normalized spacial score (nSPS) is 11.1. The van der Waals surface area contributed by atoms with Gasteiger partial charge in [0.15, 0.2) is 0 Å². The molecule has 5 heteroatoms. The van der Waals surface area contributed by atoms with Crippen molar-refractivity contribution in [3.05, 3.63) is 52.2 Å². The van der Waals surface area contributed by atoms with E-state index >= 15 is 0 Å². The van der Waals surface area contributed by atoms with Crippen molar-refractivity contribution in [1.82, 2.24) is 14.7 Å². The highest BCUT2D eigenvalue weighted by molar-refractivity contribution is 5.77. The van der Waals surface area contributed by atoms with Crippen molar-refractivity contribution in [2.24, 2.45) is 0 Å². The number of nitrogens with zero attached hydrogens (tertiary/aromatic N) is 3. The van der Waals surface area contributed by atoms with E-state index in [4.69, 9.17) is 4.52 Å². The summed E-state index contributed by atoms with van der Waals surface area (Å²) >= 11 is 0. The monoisotopic (exact) mass is 255 g/mol. The molecule has 2 aromatic heterocycles. The van der Waals surface area contributed by atoms with Gasteiger partial charge in [0.2, 0.25) is 5.88 Å². The lowest BCUT2D eigenvalue weighted by molar-refractivity contribution is 0.396. The fraction of sp³-hybridized carbons (Fsp3) is 0.214. The minimum Gasteiger partial charge on any atom is -0.338 e. The average Bonchev–Trinajstić information content (AvgIpc) is 2.84. The molecule has 0 fully saturated rings. The van der Waals surface area contributed by atoms with Crippen LogP contribution in [0.2, 0.25) is 0 Å². The predicted molar refractivity (Wildman–Crippen MR) is 71.5 cm³/mol. The van der Waals surface area contributed by atoms with Gasteiger partial charge in [0.25, 0.3) is 5.56 Å². The molecule has 96 valence electrons. The first-order chi connectivity index (χ1) is 9.20. The second-order valence-electron chi connectivity index (χ2n) is 4.35. The largest absolute Gasteiger partial charge is 0.338 e. The maximum absolute atomic E-state index is 12.6. The summed E-state index contributed by atoms with van der Waals surface area (Å²) in [5.41, 5.74) is 1.31. The molecule has 0 bridgehead atoms. The summed E-state index contributed by atoms with van der Waals surface area (Å²) in [5.74, 6) is 1.08. The third kappa shape index (κ3) is 1.83. The second kappa shape index (κ2) is 4.35. The van der Waals surface area contributed by atoms with Crippen molar-refractivity contribution in [3.63, 3.8) is 0 Å². The lowest BCUT2D eigenvalue weighted by Crippen LogP contribution is -2.23. The minimum atomic E-state index is -0.126. The summed E-state index contributed by atoms with van der Waals surface area (Å²) in [5, 5.41) is 4.40. The molecule has 2 heterocycles. The van der Waals surface area contributed by atoms with Crippen molar-refractivity contribution < 1.29 is 4.52 Å². The molecular formula is C14H13N3O2. The first kappa shape index (κ1) is 11.6. The third-order valence-electron chi connectivity index (χ3n) is 3.00. The maximum Gasteiger partial charge on any atom is 0.268 e. The van der Waals surface area contributed by atoms with Crippen molar-refractivity contribution in [2.45, 2.75) is 20.3 Å². The van der Waals surface area contributed by atoms with E-state index < -0.39 is 0 Å². The fourth-order valence-electron chi connectivity index (χ4n) is 2.10. The quantitative estimate of drug-likeness (QED) is 0.704. The zero-order chi connectivity index (χ0) is 13.4. The highest BCUT2D eigenvalue weighted by Gasteiger charge is 2.14. The first-order valence-corrected chi connectivity index (χ1v) is 6.15. The van der Waals surface area contributed by atoms with Gasteiger partial charge in [0.05, 0.1) is 16.6 Å². The van der Waals surface area contributed by atoms with E-state index in [0.29, 0.717) is 29.0 Å². The van der Waals surface area contributed by atoms with Gasteiger partial charge >= 0.3 is 0 Å². The number of hydrogen-bond donors (Lipinski definition) is 0. The number of hydrogen-bond acceptors (Lipinski definition) is 4. The molecule has 3 rings (SSSR count). The third-order valence-corrected chi connectivity index (χ3v) is 3.00. The zero-order valence-electron chi connectivity index (χ0n) is 10.8. The molecule has 0 aliphatic heterocycles. The van der Waals surface area contributed by atoms with Gasteiger partial charge in [-0.05, 0) is 19.1 Å². The van der Waals surface area contributed by atoms with Gasteiger partial charge in [-0.25, -0.2) is 9.55 Å². The Morgan fingerprint density at radius 3 is 2.79 bits per heavy atom. The Balaban J connectivity index is 2.40. The summed E-state index contributed by atoms with van der Waals surface area (Å²) in [6.45, 7) is 3.77. The summed E-state index contributed by atoms with van der Waals surface area (Å²) < 4.78 is 6.68. The summed E-state index contributed by atoms with van der Waals surface area (Å²) in [6, 6.07) is 9.04. The maximum atomic E-state index is 12.6. The molecule has 0 unspecified atom stereocenters. The summed E-state index contributed by atoms with van der Waals surface area (Å²) in [4.78, 5) is 17.1. The van der Waals surface area contributed by atoms with Gasteiger partial charge in [0, 0.05) is 12.5 Å². The van der Waals surface area contributed by atoms with Crippen molar-refractivity contribution in [2.75, 3.05) is 0 Å². The molecule has 19 heavy (non-hydrogen) atoms. The highest BCUT2D eigenvalue weighted by Crippen LogP contribution is 2.14. The molecule has 0 aliphatic rings. The van der Waals surface area contributed by atoms with Gasteiger partial charge in [0.1, 0.15) is 5.82 Å². The van der Waals surface area contributed by atoms with Crippen LogP contribution in [0.15, 0.2) is 39.6 Å². The van der Waals surface area contributed by atoms with Crippen LogP contribution in [0.25, 0.3) is 16.8 Å². The number of aromatic nitrogens is 3. The molecule has 5 nitrogen and oxygen atoms in total. The second-order valence-corrected chi connectivity index (χ2v) is 4.35. The molecule has 0 saturated carbocycles. The van der Waals surface area contributed by atoms with Crippen LogP contribution >= 0.6 is 0 Å². The Morgan fingerprint density at radius 2 is 2.11 bits per heavy atom. The van der Waals surface area contributed by atoms with E-state index in [0.717, 1.165) is 5.69 Å². The van der Waals surface area contributed by atoms with Gasteiger partial charge in [-0.1, -0.05) is 24.2 Å². The van der Waals surface area contributed by atoms with Crippen LogP contribution in [0.3, 0.4) is 0 Å². The number of rotatable bonds is 2. The lowest BCUT2D eigenvalue weighted by atomic mass is 10.2. The number of benzene rings is 1. The molecule has 0 radical (unpaired) electrons. The van der Waals surface area contributed by atoms with E-state index in [2.05, 4.69) is 10.1 Å².